The van der Waals surface area contributed by atoms with Crippen molar-refractivity contribution in [1.82, 2.24) is 9.80 Å². The first-order valence-corrected chi connectivity index (χ1v) is 9.02. The first-order valence-electron chi connectivity index (χ1n) is 9.02. The van der Waals surface area contributed by atoms with Gasteiger partial charge in [0.15, 0.2) is 6.61 Å². The van der Waals surface area contributed by atoms with E-state index < -0.39 is 5.60 Å². The van der Waals surface area contributed by atoms with Crippen molar-refractivity contribution in [3.8, 4) is 5.75 Å². The van der Waals surface area contributed by atoms with Crippen LogP contribution in [0.2, 0.25) is 0 Å². The molecule has 2 heterocycles. The van der Waals surface area contributed by atoms with E-state index >= 15 is 0 Å². The third kappa shape index (κ3) is 4.50. The van der Waals surface area contributed by atoms with E-state index in [4.69, 9.17) is 9.47 Å². The van der Waals surface area contributed by atoms with Crippen molar-refractivity contribution in [2.24, 2.45) is 0 Å². The molecule has 1 fully saturated rings. The summed E-state index contributed by atoms with van der Waals surface area (Å²) in [6, 6.07) is 7.17. The van der Waals surface area contributed by atoms with Gasteiger partial charge in [0.1, 0.15) is 17.9 Å². The second-order valence-corrected chi connectivity index (χ2v) is 7.58. The van der Waals surface area contributed by atoms with Gasteiger partial charge in [0.25, 0.3) is 5.91 Å². The third-order valence-corrected chi connectivity index (χ3v) is 4.39. The number of benzene rings is 1. The summed E-state index contributed by atoms with van der Waals surface area (Å²) in [5, 5.41) is 0. The van der Waals surface area contributed by atoms with Gasteiger partial charge >= 0.3 is 6.09 Å². The van der Waals surface area contributed by atoms with Crippen LogP contribution in [0.5, 0.6) is 5.75 Å². The number of carbonyl (C=O) groups excluding carboxylic acids is 3. The normalized spacial score (nSPS) is 17.3. The molecule has 0 radical (unpaired) electrons. The molecule has 1 saturated heterocycles. The molecule has 2 aliphatic heterocycles. The van der Waals surface area contributed by atoms with Crippen LogP contribution in [0.15, 0.2) is 24.3 Å². The number of anilines is 1. The maximum absolute atomic E-state index is 12.7. The van der Waals surface area contributed by atoms with Gasteiger partial charge < -0.3 is 19.3 Å². The average Bonchev–Trinajstić information content (AvgIpc) is 2.62. The molecular weight excluding hydrogens is 350 g/mol. The highest BCUT2D eigenvalue weighted by molar-refractivity contribution is 6.02. The first kappa shape index (κ1) is 19.0. The minimum atomic E-state index is -0.547. The molecule has 0 bridgehead atoms. The largest absolute Gasteiger partial charge is 0.482 e. The van der Waals surface area contributed by atoms with E-state index in [-0.39, 0.29) is 31.1 Å². The number of hydrogen-bond acceptors (Lipinski definition) is 5. The van der Waals surface area contributed by atoms with E-state index in [0.717, 1.165) is 0 Å². The zero-order chi connectivity index (χ0) is 19.6. The number of rotatable bonds is 2. The number of para-hydroxylation sites is 2. The quantitative estimate of drug-likeness (QED) is 0.783. The molecule has 3 amide bonds. The summed E-state index contributed by atoms with van der Waals surface area (Å²) in [4.78, 5) is 41.7. The molecule has 8 heteroatoms. The Bertz CT molecular complexity index is 735. The summed E-state index contributed by atoms with van der Waals surface area (Å²) >= 11 is 0. The summed E-state index contributed by atoms with van der Waals surface area (Å²) in [5.41, 5.74) is 0.0585. The van der Waals surface area contributed by atoms with Crippen LogP contribution in [-0.2, 0) is 14.3 Å². The number of fused-ring (bicyclic) bond motifs is 1. The van der Waals surface area contributed by atoms with Crippen molar-refractivity contribution in [2.45, 2.75) is 26.4 Å². The monoisotopic (exact) mass is 375 g/mol. The van der Waals surface area contributed by atoms with Crippen molar-refractivity contribution < 1.29 is 23.9 Å². The van der Waals surface area contributed by atoms with E-state index in [1.54, 1.807) is 28.0 Å². The van der Waals surface area contributed by atoms with E-state index in [2.05, 4.69) is 0 Å². The predicted octanol–water partition coefficient (Wildman–Crippen LogP) is 1.49. The van der Waals surface area contributed by atoms with Crippen LogP contribution in [0.25, 0.3) is 0 Å². The van der Waals surface area contributed by atoms with E-state index in [1.165, 1.54) is 4.90 Å². The number of ether oxygens (including phenoxy) is 2. The Morgan fingerprint density at radius 2 is 1.70 bits per heavy atom. The lowest BCUT2D eigenvalue weighted by Gasteiger charge is -2.37. The summed E-state index contributed by atoms with van der Waals surface area (Å²) < 4.78 is 10.8. The molecule has 3 rings (SSSR count). The van der Waals surface area contributed by atoms with E-state index in [9.17, 15) is 14.4 Å². The minimum Gasteiger partial charge on any atom is -0.482 e. The van der Waals surface area contributed by atoms with Gasteiger partial charge in [0.2, 0.25) is 5.91 Å². The van der Waals surface area contributed by atoms with Crippen molar-refractivity contribution in [1.29, 1.82) is 0 Å². The Hall–Kier alpha value is -2.77. The van der Waals surface area contributed by atoms with Crippen molar-refractivity contribution in [3.05, 3.63) is 24.3 Å². The van der Waals surface area contributed by atoms with Gasteiger partial charge in [-0.25, -0.2) is 4.79 Å². The lowest BCUT2D eigenvalue weighted by atomic mass is 10.2. The molecular formula is C19H25N3O5. The molecule has 8 nitrogen and oxygen atoms in total. The Balaban J connectivity index is 1.57. The van der Waals surface area contributed by atoms with Crippen LogP contribution in [0.1, 0.15) is 20.8 Å². The van der Waals surface area contributed by atoms with Crippen LogP contribution >= 0.6 is 0 Å². The molecule has 0 aliphatic carbocycles. The van der Waals surface area contributed by atoms with Gasteiger partial charge in [-0.1, -0.05) is 12.1 Å². The van der Waals surface area contributed by atoms with Crippen molar-refractivity contribution in [2.75, 3.05) is 44.2 Å². The first-order chi connectivity index (χ1) is 12.7. The fourth-order valence-electron chi connectivity index (χ4n) is 3.03. The molecule has 27 heavy (non-hydrogen) atoms. The predicted molar refractivity (Wildman–Crippen MR) is 98.7 cm³/mol. The van der Waals surface area contributed by atoms with Gasteiger partial charge in [-0.15, -0.1) is 0 Å². The third-order valence-electron chi connectivity index (χ3n) is 4.39. The number of carbonyl (C=O) groups is 3. The smallest absolute Gasteiger partial charge is 0.410 e. The molecule has 0 spiro atoms. The SMILES string of the molecule is CC(C)(C)OC(=O)N1CCN(C(=O)CN2C(=O)COc3ccccc32)CC1. The van der Waals surface area contributed by atoms with Crippen molar-refractivity contribution >= 4 is 23.6 Å². The molecule has 1 aromatic carbocycles. The Morgan fingerprint density at radius 3 is 2.37 bits per heavy atom. The second-order valence-electron chi connectivity index (χ2n) is 7.58. The summed E-state index contributed by atoms with van der Waals surface area (Å²) in [5.74, 6) is 0.206. The highest BCUT2D eigenvalue weighted by atomic mass is 16.6. The highest BCUT2D eigenvalue weighted by Gasteiger charge is 2.31. The number of amides is 3. The van der Waals surface area contributed by atoms with Crippen LogP contribution < -0.4 is 9.64 Å². The molecule has 0 N–H and O–H groups in total. The van der Waals surface area contributed by atoms with Crippen LogP contribution in [0.4, 0.5) is 10.5 Å². The fraction of sp³-hybridized carbons (Fsp3) is 0.526. The van der Waals surface area contributed by atoms with Crippen LogP contribution in [0, 0.1) is 0 Å². The standard InChI is InChI=1S/C19H25N3O5/c1-19(2,3)27-18(25)21-10-8-20(9-11-21)16(23)12-22-14-6-4-5-7-15(14)26-13-17(22)24/h4-7H,8-13H2,1-3H3. The summed E-state index contributed by atoms with van der Waals surface area (Å²) in [6.07, 6.45) is -0.369. The Kier molecular flexibility index (Phi) is 5.25. The molecule has 0 atom stereocenters. The lowest BCUT2D eigenvalue weighted by molar-refractivity contribution is -0.133. The average molecular weight is 375 g/mol. The molecule has 0 saturated carbocycles. The summed E-state index contributed by atoms with van der Waals surface area (Å²) in [7, 11) is 0. The van der Waals surface area contributed by atoms with Gasteiger partial charge in [-0.05, 0) is 32.9 Å². The molecule has 0 aromatic heterocycles. The second kappa shape index (κ2) is 7.46. The zero-order valence-electron chi connectivity index (χ0n) is 15.9. The van der Waals surface area contributed by atoms with Crippen molar-refractivity contribution in [3.63, 3.8) is 0 Å². The van der Waals surface area contributed by atoms with Gasteiger partial charge in [-0.2, -0.15) is 0 Å². The Morgan fingerprint density at radius 1 is 1.07 bits per heavy atom. The highest BCUT2D eigenvalue weighted by Crippen LogP contribution is 2.31. The van der Waals surface area contributed by atoms with Gasteiger partial charge in [0, 0.05) is 26.2 Å². The molecule has 1 aromatic rings. The maximum atomic E-state index is 12.7. The summed E-state index contributed by atoms with van der Waals surface area (Å²) in [6.45, 7) is 7.01. The Labute approximate surface area is 158 Å². The van der Waals surface area contributed by atoms with E-state index in [1.807, 2.05) is 26.8 Å². The number of nitrogens with zero attached hydrogens (tertiary/aromatic N) is 3. The minimum absolute atomic E-state index is 0.0361. The van der Waals surface area contributed by atoms with E-state index in [0.29, 0.717) is 37.6 Å². The fourth-order valence-corrected chi connectivity index (χ4v) is 3.03. The molecule has 146 valence electrons. The van der Waals surface area contributed by atoms with Crippen LogP contribution in [0.3, 0.4) is 0 Å². The van der Waals surface area contributed by atoms with Gasteiger partial charge in [-0.3, -0.25) is 14.5 Å². The maximum Gasteiger partial charge on any atom is 0.410 e. The number of piperazine rings is 1. The van der Waals surface area contributed by atoms with Gasteiger partial charge in [0.05, 0.1) is 5.69 Å². The lowest BCUT2D eigenvalue weighted by Crippen LogP contribution is -2.54. The molecule has 0 unspecified atom stereocenters. The zero-order valence-corrected chi connectivity index (χ0v) is 15.9. The number of hydrogen-bond donors (Lipinski definition) is 0. The topological polar surface area (TPSA) is 79.4 Å². The molecule has 2 aliphatic rings. The van der Waals surface area contributed by atoms with Crippen LogP contribution in [-0.4, -0.2) is 72.6 Å².